The average Bonchev–Trinajstić information content (AvgIpc) is 2.17. The van der Waals surface area contributed by atoms with Crippen LogP contribution in [0.3, 0.4) is 0 Å². The topological polar surface area (TPSA) is 36.4 Å². The molecule has 3 nitrogen and oxygen atoms in total. The maximum Gasteiger partial charge on any atom is 0.128 e. The van der Waals surface area contributed by atoms with E-state index in [1.54, 1.807) is 12.3 Å². The van der Waals surface area contributed by atoms with Crippen molar-refractivity contribution in [3.63, 3.8) is 0 Å². The monoisotopic (exact) mass is 200 g/mol. The van der Waals surface area contributed by atoms with Crippen LogP contribution in [-0.4, -0.2) is 23.7 Å². The molecule has 0 amide bonds. The lowest BCUT2D eigenvalue weighted by molar-refractivity contribution is 0.282. The molecule has 1 N–H and O–H groups in total. The van der Waals surface area contributed by atoms with E-state index in [0.717, 1.165) is 12.4 Å². The average molecular weight is 201 g/mol. The van der Waals surface area contributed by atoms with Gasteiger partial charge >= 0.3 is 0 Å². The summed E-state index contributed by atoms with van der Waals surface area (Å²) in [7, 11) is 1.94. The molecule has 0 saturated carbocycles. The molecule has 1 aromatic heterocycles. The van der Waals surface area contributed by atoms with Gasteiger partial charge in [0.2, 0.25) is 0 Å². The molecule has 1 aromatic rings. The summed E-state index contributed by atoms with van der Waals surface area (Å²) in [4.78, 5) is 6.12. The Hall–Kier alpha value is -0.800. The van der Waals surface area contributed by atoms with Crippen LogP contribution in [-0.2, 0) is 6.61 Å². The third-order valence-electron chi connectivity index (χ3n) is 1.96. The minimum Gasteiger partial charge on any atom is -0.392 e. The molecule has 0 saturated heterocycles. The second kappa shape index (κ2) is 4.44. The molecule has 0 radical (unpaired) electrons. The van der Waals surface area contributed by atoms with Gasteiger partial charge in [-0.15, -0.1) is 0 Å². The van der Waals surface area contributed by atoms with Crippen molar-refractivity contribution >= 4 is 17.4 Å². The molecule has 0 bridgehead atoms. The summed E-state index contributed by atoms with van der Waals surface area (Å²) < 4.78 is 0. The molecule has 0 atom stereocenters. The number of aliphatic hydroxyl groups is 1. The minimum absolute atomic E-state index is 0.0497. The molecule has 4 heteroatoms. The number of nitrogens with zero attached hydrogens (tertiary/aromatic N) is 2. The molecule has 0 aliphatic carbocycles. The first-order valence-corrected chi connectivity index (χ1v) is 4.53. The van der Waals surface area contributed by atoms with E-state index in [1.165, 1.54) is 0 Å². The van der Waals surface area contributed by atoms with Crippen LogP contribution in [0.25, 0.3) is 0 Å². The van der Waals surface area contributed by atoms with Crippen molar-refractivity contribution in [3.05, 3.63) is 22.8 Å². The third-order valence-corrected chi connectivity index (χ3v) is 2.30. The summed E-state index contributed by atoms with van der Waals surface area (Å²) >= 11 is 5.80. The minimum atomic E-state index is -0.0497. The fraction of sp³-hybridized carbons (Fsp3) is 0.444. The van der Waals surface area contributed by atoms with E-state index in [0.29, 0.717) is 10.6 Å². The molecular formula is C9H13ClN2O. The Morgan fingerprint density at radius 1 is 1.62 bits per heavy atom. The van der Waals surface area contributed by atoms with Crippen LogP contribution in [0.15, 0.2) is 12.3 Å². The number of aliphatic hydroxyl groups excluding tert-OH is 1. The van der Waals surface area contributed by atoms with Crippen LogP contribution in [0, 0.1) is 0 Å². The first-order valence-electron chi connectivity index (χ1n) is 4.15. The second-order valence-corrected chi connectivity index (χ2v) is 3.21. The Morgan fingerprint density at radius 2 is 2.31 bits per heavy atom. The number of rotatable bonds is 3. The van der Waals surface area contributed by atoms with E-state index < -0.39 is 0 Å². The van der Waals surface area contributed by atoms with Crippen molar-refractivity contribution in [2.75, 3.05) is 18.5 Å². The molecule has 0 unspecified atom stereocenters. The molecule has 1 heterocycles. The fourth-order valence-corrected chi connectivity index (χ4v) is 1.12. The van der Waals surface area contributed by atoms with E-state index >= 15 is 0 Å². The molecule has 1 rings (SSSR count). The van der Waals surface area contributed by atoms with E-state index in [2.05, 4.69) is 4.98 Å². The molecule has 0 aliphatic heterocycles. The van der Waals surface area contributed by atoms with Crippen LogP contribution < -0.4 is 4.90 Å². The normalized spacial score (nSPS) is 10.2. The van der Waals surface area contributed by atoms with Crippen LogP contribution in [0.5, 0.6) is 0 Å². The highest BCUT2D eigenvalue weighted by molar-refractivity contribution is 6.31. The van der Waals surface area contributed by atoms with E-state index in [4.69, 9.17) is 16.7 Å². The zero-order chi connectivity index (χ0) is 9.84. The molecule has 0 spiro atoms. The number of hydrogen-bond acceptors (Lipinski definition) is 3. The third kappa shape index (κ3) is 2.32. The number of hydrogen-bond donors (Lipinski definition) is 1. The molecule has 0 aromatic carbocycles. The number of pyridine rings is 1. The lowest BCUT2D eigenvalue weighted by atomic mass is 10.2. The number of anilines is 1. The van der Waals surface area contributed by atoms with Gasteiger partial charge in [0.15, 0.2) is 0 Å². The van der Waals surface area contributed by atoms with Gasteiger partial charge in [0.05, 0.1) is 11.6 Å². The van der Waals surface area contributed by atoms with Crippen molar-refractivity contribution in [1.29, 1.82) is 0 Å². The van der Waals surface area contributed by atoms with Gasteiger partial charge in [-0.2, -0.15) is 0 Å². The summed E-state index contributed by atoms with van der Waals surface area (Å²) in [5.74, 6) is 0.830. The SMILES string of the molecule is CCN(C)c1cc(CO)c(Cl)cn1. The van der Waals surface area contributed by atoms with Gasteiger partial charge in [-0.1, -0.05) is 11.6 Å². The van der Waals surface area contributed by atoms with E-state index in [9.17, 15) is 0 Å². The van der Waals surface area contributed by atoms with Gasteiger partial charge in [0, 0.05) is 25.4 Å². The maximum absolute atomic E-state index is 8.97. The van der Waals surface area contributed by atoms with Gasteiger partial charge < -0.3 is 10.0 Å². The summed E-state index contributed by atoms with van der Waals surface area (Å²) in [6.07, 6.45) is 1.56. The van der Waals surface area contributed by atoms with Crippen molar-refractivity contribution < 1.29 is 5.11 Å². The van der Waals surface area contributed by atoms with Crippen LogP contribution in [0.1, 0.15) is 12.5 Å². The van der Waals surface area contributed by atoms with Crippen LogP contribution in [0.4, 0.5) is 5.82 Å². The molecule has 72 valence electrons. The fourth-order valence-electron chi connectivity index (χ4n) is 0.960. The van der Waals surface area contributed by atoms with Crippen molar-refractivity contribution in [1.82, 2.24) is 4.98 Å². The first-order chi connectivity index (χ1) is 6.19. The maximum atomic E-state index is 8.97. The summed E-state index contributed by atoms with van der Waals surface area (Å²) in [6, 6.07) is 1.80. The second-order valence-electron chi connectivity index (χ2n) is 2.81. The highest BCUT2D eigenvalue weighted by Gasteiger charge is 2.04. The highest BCUT2D eigenvalue weighted by Crippen LogP contribution is 2.19. The predicted molar refractivity (Wildman–Crippen MR) is 54.1 cm³/mol. The summed E-state index contributed by atoms with van der Waals surface area (Å²) in [5, 5.41) is 9.48. The summed E-state index contributed by atoms with van der Waals surface area (Å²) in [6.45, 7) is 2.86. The Balaban J connectivity index is 2.99. The van der Waals surface area contributed by atoms with Crippen molar-refractivity contribution in [3.8, 4) is 0 Å². The lowest BCUT2D eigenvalue weighted by Gasteiger charge is -2.16. The van der Waals surface area contributed by atoms with Gasteiger partial charge in [-0.25, -0.2) is 4.98 Å². The lowest BCUT2D eigenvalue weighted by Crippen LogP contribution is -2.17. The van der Waals surface area contributed by atoms with Gasteiger partial charge in [-0.3, -0.25) is 0 Å². The quantitative estimate of drug-likeness (QED) is 0.807. The molecule has 0 fully saturated rings. The number of halogens is 1. The van der Waals surface area contributed by atoms with Crippen LogP contribution in [0.2, 0.25) is 5.02 Å². The number of aromatic nitrogens is 1. The Morgan fingerprint density at radius 3 is 2.85 bits per heavy atom. The zero-order valence-corrected chi connectivity index (χ0v) is 8.54. The van der Waals surface area contributed by atoms with Crippen molar-refractivity contribution in [2.24, 2.45) is 0 Å². The van der Waals surface area contributed by atoms with E-state index in [1.807, 2.05) is 18.9 Å². The van der Waals surface area contributed by atoms with Gasteiger partial charge in [-0.05, 0) is 13.0 Å². The molecular weight excluding hydrogens is 188 g/mol. The van der Waals surface area contributed by atoms with Crippen LogP contribution >= 0.6 is 11.6 Å². The van der Waals surface area contributed by atoms with Gasteiger partial charge in [0.25, 0.3) is 0 Å². The van der Waals surface area contributed by atoms with E-state index in [-0.39, 0.29) is 6.61 Å². The largest absolute Gasteiger partial charge is 0.392 e. The first kappa shape index (κ1) is 10.3. The molecule has 13 heavy (non-hydrogen) atoms. The summed E-state index contributed by atoms with van der Waals surface area (Å²) in [5.41, 5.74) is 0.715. The Kier molecular flexibility index (Phi) is 3.51. The Labute approximate surface area is 83.0 Å². The standard InChI is InChI=1S/C9H13ClN2O/c1-3-12(2)9-4-7(6-13)8(10)5-11-9/h4-5,13H,3,6H2,1-2H3. The highest BCUT2D eigenvalue weighted by atomic mass is 35.5. The molecule has 0 aliphatic rings. The zero-order valence-electron chi connectivity index (χ0n) is 7.79. The smallest absolute Gasteiger partial charge is 0.128 e. The Bertz CT molecular complexity index is 291. The van der Waals surface area contributed by atoms with Gasteiger partial charge in [0.1, 0.15) is 5.82 Å². The predicted octanol–water partition coefficient (Wildman–Crippen LogP) is 1.68. The van der Waals surface area contributed by atoms with Crippen molar-refractivity contribution in [2.45, 2.75) is 13.5 Å².